The number of hydrogen-bond donors (Lipinski definition) is 0. The number of thiophene rings is 1. The SMILES string of the molecule is Cc1cccc(CO[C@@H](CN2CCN(S(=O)(=O)c3ccc(Cl)s3)CC2)c2ccc(Cl)cc2)c1. The molecule has 1 aliphatic rings. The van der Waals surface area contributed by atoms with E-state index >= 15 is 0 Å². The van der Waals surface area contributed by atoms with Crippen molar-refractivity contribution in [3.05, 3.63) is 86.7 Å². The lowest BCUT2D eigenvalue weighted by molar-refractivity contribution is 0.00772. The summed E-state index contributed by atoms with van der Waals surface area (Å²) in [6.45, 7) is 5.38. The van der Waals surface area contributed by atoms with Crippen LogP contribution in [0.1, 0.15) is 22.8 Å². The van der Waals surface area contributed by atoms with Crippen LogP contribution in [0.3, 0.4) is 0 Å². The monoisotopic (exact) mass is 524 g/mol. The van der Waals surface area contributed by atoms with Gasteiger partial charge in [0.2, 0.25) is 0 Å². The van der Waals surface area contributed by atoms with Crippen molar-refractivity contribution in [3.63, 3.8) is 0 Å². The van der Waals surface area contributed by atoms with E-state index in [9.17, 15) is 8.42 Å². The van der Waals surface area contributed by atoms with Gasteiger partial charge in [-0.1, -0.05) is 65.2 Å². The number of sulfonamides is 1. The molecule has 33 heavy (non-hydrogen) atoms. The topological polar surface area (TPSA) is 49.9 Å². The highest BCUT2D eigenvalue weighted by Crippen LogP contribution is 2.29. The number of nitrogens with zero attached hydrogens (tertiary/aromatic N) is 2. The molecule has 1 saturated heterocycles. The Bertz CT molecular complexity index is 1170. The minimum Gasteiger partial charge on any atom is -0.368 e. The summed E-state index contributed by atoms with van der Waals surface area (Å²) >= 11 is 13.1. The van der Waals surface area contributed by atoms with Crippen LogP contribution in [0, 0.1) is 6.92 Å². The van der Waals surface area contributed by atoms with Gasteiger partial charge in [-0.3, -0.25) is 4.90 Å². The minimum absolute atomic E-state index is 0.151. The molecule has 176 valence electrons. The molecule has 2 heterocycles. The zero-order valence-electron chi connectivity index (χ0n) is 18.3. The van der Waals surface area contributed by atoms with E-state index in [1.165, 1.54) is 9.87 Å². The van der Waals surface area contributed by atoms with Crippen molar-refractivity contribution < 1.29 is 13.2 Å². The highest BCUT2D eigenvalue weighted by molar-refractivity contribution is 7.91. The Labute approximate surface area is 209 Å². The number of rotatable bonds is 8. The molecule has 1 aromatic heterocycles. The molecule has 0 N–H and O–H groups in total. The first-order valence-electron chi connectivity index (χ1n) is 10.7. The van der Waals surface area contributed by atoms with Crippen molar-refractivity contribution in [1.29, 1.82) is 0 Å². The first-order valence-corrected chi connectivity index (χ1v) is 13.7. The van der Waals surface area contributed by atoms with Gasteiger partial charge in [0.1, 0.15) is 4.21 Å². The normalized spacial score (nSPS) is 16.7. The lowest BCUT2D eigenvalue weighted by Crippen LogP contribution is -2.49. The molecule has 0 spiro atoms. The van der Waals surface area contributed by atoms with Gasteiger partial charge in [-0.15, -0.1) is 11.3 Å². The van der Waals surface area contributed by atoms with Gasteiger partial charge in [0, 0.05) is 37.7 Å². The molecule has 0 radical (unpaired) electrons. The molecular formula is C24H26Cl2N2O3S2. The molecule has 0 unspecified atom stereocenters. The number of hydrogen-bond acceptors (Lipinski definition) is 5. The average molecular weight is 526 g/mol. The maximum absolute atomic E-state index is 12.9. The average Bonchev–Trinajstić information content (AvgIpc) is 3.25. The quantitative estimate of drug-likeness (QED) is 0.383. The van der Waals surface area contributed by atoms with Gasteiger partial charge in [-0.25, -0.2) is 8.42 Å². The summed E-state index contributed by atoms with van der Waals surface area (Å²) in [5, 5.41) is 0.684. The molecule has 1 fully saturated rings. The first kappa shape index (κ1) is 24.7. The maximum Gasteiger partial charge on any atom is 0.252 e. The fourth-order valence-corrected chi connectivity index (χ4v) is 7.07. The van der Waals surface area contributed by atoms with Crippen molar-refractivity contribution in [2.75, 3.05) is 32.7 Å². The summed E-state index contributed by atoms with van der Waals surface area (Å²) in [6, 6.07) is 19.2. The van der Waals surface area contributed by atoms with Crippen LogP contribution in [-0.4, -0.2) is 50.3 Å². The third-order valence-corrected chi connectivity index (χ3v) is 9.52. The Morgan fingerprint density at radius 1 is 1.00 bits per heavy atom. The van der Waals surface area contributed by atoms with Gasteiger partial charge in [0.05, 0.1) is 17.0 Å². The van der Waals surface area contributed by atoms with Gasteiger partial charge in [-0.05, 0) is 42.3 Å². The predicted octanol–water partition coefficient (Wildman–Crippen LogP) is 5.63. The molecule has 3 aromatic rings. The predicted molar refractivity (Wildman–Crippen MR) is 135 cm³/mol. The lowest BCUT2D eigenvalue weighted by Gasteiger charge is -2.35. The molecule has 1 atom stereocenters. The second kappa shape index (κ2) is 10.9. The van der Waals surface area contributed by atoms with Gasteiger partial charge in [0.15, 0.2) is 0 Å². The van der Waals surface area contributed by atoms with Crippen LogP contribution in [0.2, 0.25) is 9.36 Å². The van der Waals surface area contributed by atoms with Crippen LogP contribution < -0.4 is 0 Å². The zero-order valence-corrected chi connectivity index (χ0v) is 21.4. The van der Waals surface area contributed by atoms with E-state index in [1.54, 1.807) is 12.1 Å². The van der Waals surface area contributed by atoms with Gasteiger partial charge < -0.3 is 4.74 Å². The van der Waals surface area contributed by atoms with Crippen LogP contribution in [0.15, 0.2) is 64.9 Å². The van der Waals surface area contributed by atoms with E-state index in [4.69, 9.17) is 27.9 Å². The second-order valence-corrected chi connectivity index (χ2v) is 12.4. The van der Waals surface area contributed by atoms with Gasteiger partial charge in [-0.2, -0.15) is 4.31 Å². The fraction of sp³-hybridized carbons (Fsp3) is 0.333. The van der Waals surface area contributed by atoms with Crippen LogP contribution in [0.25, 0.3) is 0 Å². The van der Waals surface area contributed by atoms with Crippen molar-refractivity contribution in [2.24, 2.45) is 0 Å². The standard InChI is InChI=1S/C24H26Cl2N2O3S2/c1-18-3-2-4-19(15-18)17-31-22(20-5-7-21(25)8-6-20)16-27-11-13-28(14-12-27)33(29,30)24-10-9-23(26)32-24/h2-10,15,22H,11-14,16-17H2,1H3/t22-/m0/s1. The molecule has 4 rings (SSSR count). The summed E-state index contributed by atoms with van der Waals surface area (Å²) in [4.78, 5) is 2.25. The first-order chi connectivity index (χ1) is 15.8. The van der Waals surface area contributed by atoms with E-state index in [1.807, 2.05) is 30.3 Å². The number of benzene rings is 2. The van der Waals surface area contributed by atoms with Gasteiger partial charge >= 0.3 is 0 Å². The number of aryl methyl sites for hydroxylation is 1. The van der Waals surface area contributed by atoms with Crippen molar-refractivity contribution in [2.45, 2.75) is 23.8 Å². The Morgan fingerprint density at radius 3 is 2.36 bits per heavy atom. The highest BCUT2D eigenvalue weighted by atomic mass is 35.5. The fourth-order valence-electron chi connectivity index (χ4n) is 3.88. The minimum atomic E-state index is -3.51. The van der Waals surface area contributed by atoms with E-state index in [0.29, 0.717) is 52.9 Å². The van der Waals surface area contributed by atoms with Gasteiger partial charge in [0.25, 0.3) is 10.0 Å². The van der Waals surface area contributed by atoms with E-state index in [0.717, 1.165) is 22.5 Å². The third-order valence-electron chi connectivity index (χ3n) is 5.67. The van der Waals surface area contributed by atoms with Crippen molar-refractivity contribution in [1.82, 2.24) is 9.21 Å². The lowest BCUT2D eigenvalue weighted by atomic mass is 10.1. The molecule has 1 aliphatic heterocycles. The highest BCUT2D eigenvalue weighted by Gasteiger charge is 2.30. The van der Waals surface area contributed by atoms with Crippen LogP contribution in [0.5, 0.6) is 0 Å². The van der Waals surface area contributed by atoms with Crippen molar-refractivity contribution >= 4 is 44.6 Å². The zero-order chi connectivity index (χ0) is 23.4. The number of ether oxygens (including phenoxy) is 1. The summed E-state index contributed by atoms with van der Waals surface area (Å²) in [7, 11) is -3.51. The van der Waals surface area contributed by atoms with E-state index in [-0.39, 0.29) is 6.10 Å². The molecule has 9 heteroatoms. The Hall–Kier alpha value is -1.45. The van der Waals surface area contributed by atoms with Crippen LogP contribution >= 0.6 is 34.5 Å². The summed E-state index contributed by atoms with van der Waals surface area (Å²) < 4.78 is 34.4. The second-order valence-electron chi connectivity index (χ2n) is 8.10. The maximum atomic E-state index is 12.9. The van der Waals surface area contributed by atoms with Crippen LogP contribution in [-0.2, 0) is 21.4 Å². The van der Waals surface area contributed by atoms with E-state index in [2.05, 4.69) is 30.0 Å². The molecule has 0 bridgehead atoms. The molecule has 0 amide bonds. The largest absolute Gasteiger partial charge is 0.368 e. The Balaban J connectivity index is 1.41. The Morgan fingerprint density at radius 2 is 1.73 bits per heavy atom. The van der Waals surface area contributed by atoms with Crippen molar-refractivity contribution in [3.8, 4) is 0 Å². The molecule has 0 aliphatic carbocycles. The van der Waals surface area contributed by atoms with Crippen LogP contribution in [0.4, 0.5) is 0 Å². The summed E-state index contributed by atoms with van der Waals surface area (Å²) in [6.07, 6.45) is -0.151. The number of piperazine rings is 1. The summed E-state index contributed by atoms with van der Waals surface area (Å²) in [5.41, 5.74) is 3.37. The molecule has 2 aromatic carbocycles. The molecule has 0 saturated carbocycles. The summed E-state index contributed by atoms with van der Waals surface area (Å²) in [5.74, 6) is 0. The molecular weight excluding hydrogens is 499 g/mol. The Kier molecular flexibility index (Phi) is 8.12. The smallest absolute Gasteiger partial charge is 0.252 e. The van der Waals surface area contributed by atoms with E-state index < -0.39 is 10.0 Å². The molecule has 5 nitrogen and oxygen atoms in total. The third kappa shape index (κ3) is 6.36. The number of halogens is 2.